The van der Waals surface area contributed by atoms with Gasteiger partial charge in [0.05, 0.1) is 5.56 Å². The van der Waals surface area contributed by atoms with E-state index in [4.69, 9.17) is 5.73 Å². The minimum absolute atomic E-state index is 0.204. The number of carbonyl (C=O) groups is 1. The van der Waals surface area contributed by atoms with Gasteiger partial charge in [0, 0.05) is 21.9 Å². The van der Waals surface area contributed by atoms with Crippen molar-refractivity contribution in [1.82, 2.24) is 0 Å². The summed E-state index contributed by atoms with van der Waals surface area (Å²) in [6, 6.07) is 6.66. The molecule has 2 rings (SSSR count). The Balaban J connectivity index is 2.28. The zero-order chi connectivity index (χ0) is 14.9. The second-order valence-electron chi connectivity index (χ2n) is 4.27. The van der Waals surface area contributed by atoms with Gasteiger partial charge in [-0.1, -0.05) is 0 Å². The normalized spacial score (nSPS) is 10.4. The number of benzene rings is 2. The van der Waals surface area contributed by atoms with E-state index in [2.05, 4.69) is 21.2 Å². The lowest BCUT2D eigenvalue weighted by Gasteiger charge is -2.08. The third-order valence-electron chi connectivity index (χ3n) is 2.75. The molecule has 3 N–H and O–H groups in total. The minimum atomic E-state index is -0.903. The maximum absolute atomic E-state index is 13.6. The highest BCUT2D eigenvalue weighted by Crippen LogP contribution is 2.24. The van der Waals surface area contributed by atoms with Crippen molar-refractivity contribution in [1.29, 1.82) is 0 Å². The summed E-state index contributed by atoms with van der Waals surface area (Å²) in [7, 11) is 0. The van der Waals surface area contributed by atoms with E-state index in [9.17, 15) is 13.6 Å². The van der Waals surface area contributed by atoms with E-state index in [1.165, 1.54) is 13.0 Å². The Morgan fingerprint density at radius 2 is 1.90 bits per heavy atom. The standard InChI is InChI=1S/C14H11BrF2N2O/c1-7-4-9(12(17)6-11(7)16)14(20)19-8-2-3-13(18)10(15)5-8/h2-6H,18H2,1H3,(H,19,20). The molecule has 2 aromatic rings. The number of hydrogen-bond donors (Lipinski definition) is 2. The van der Waals surface area contributed by atoms with Crippen LogP contribution in [0.5, 0.6) is 0 Å². The number of nitrogens with two attached hydrogens (primary N) is 1. The van der Waals surface area contributed by atoms with E-state index in [0.29, 0.717) is 21.9 Å². The van der Waals surface area contributed by atoms with E-state index in [1.54, 1.807) is 18.2 Å². The largest absolute Gasteiger partial charge is 0.398 e. The Hall–Kier alpha value is -1.95. The quantitative estimate of drug-likeness (QED) is 0.815. The molecule has 0 radical (unpaired) electrons. The Morgan fingerprint density at radius 3 is 2.55 bits per heavy atom. The topological polar surface area (TPSA) is 55.1 Å². The van der Waals surface area contributed by atoms with Gasteiger partial charge in [-0.05, 0) is 52.7 Å². The molecule has 3 nitrogen and oxygen atoms in total. The van der Waals surface area contributed by atoms with Crippen molar-refractivity contribution in [3.63, 3.8) is 0 Å². The minimum Gasteiger partial charge on any atom is -0.398 e. The van der Waals surface area contributed by atoms with Crippen molar-refractivity contribution in [3.8, 4) is 0 Å². The molecule has 6 heteroatoms. The fourth-order valence-corrected chi connectivity index (χ4v) is 2.01. The number of nitrogens with one attached hydrogen (secondary N) is 1. The van der Waals surface area contributed by atoms with Gasteiger partial charge in [0.2, 0.25) is 0 Å². The fraction of sp³-hybridized carbons (Fsp3) is 0.0714. The molecule has 2 aromatic carbocycles. The Morgan fingerprint density at radius 1 is 1.20 bits per heavy atom. The number of halogens is 3. The highest BCUT2D eigenvalue weighted by molar-refractivity contribution is 9.10. The van der Waals surface area contributed by atoms with Crippen LogP contribution >= 0.6 is 15.9 Å². The zero-order valence-electron chi connectivity index (χ0n) is 10.5. The summed E-state index contributed by atoms with van der Waals surface area (Å²) in [5, 5.41) is 2.53. The fourth-order valence-electron chi connectivity index (χ4n) is 1.63. The molecule has 1 amide bonds. The monoisotopic (exact) mass is 340 g/mol. The lowest BCUT2D eigenvalue weighted by Crippen LogP contribution is -2.14. The molecule has 0 fully saturated rings. The van der Waals surface area contributed by atoms with Gasteiger partial charge in [0.15, 0.2) is 0 Å². The van der Waals surface area contributed by atoms with Crippen molar-refractivity contribution in [2.24, 2.45) is 0 Å². The number of aryl methyl sites for hydroxylation is 1. The molecule has 20 heavy (non-hydrogen) atoms. The summed E-state index contributed by atoms with van der Waals surface area (Å²) < 4.78 is 27.4. The van der Waals surface area contributed by atoms with Crippen LogP contribution in [0.2, 0.25) is 0 Å². The van der Waals surface area contributed by atoms with Gasteiger partial charge in [-0.25, -0.2) is 8.78 Å². The van der Waals surface area contributed by atoms with Gasteiger partial charge in [0.25, 0.3) is 5.91 Å². The van der Waals surface area contributed by atoms with E-state index >= 15 is 0 Å². The number of hydrogen-bond acceptors (Lipinski definition) is 2. The molecule has 0 spiro atoms. The Kier molecular flexibility index (Phi) is 4.04. The van der Waals surface area contributed by atoms with Crippen molar-refractivity contribution >= 4 is 33.2 Å². The molecule has 0 aliphatic heterocycles. The van der Waals surface area contributed by atoms with Crippen LogP contribution in [0.25, 0.3) is 0 Å². The lowest BCUT2D eigenvalue weighted by molar-refractivity contribution is 0.102. The van der Waals surface area contributed by atoms with Crippen LogP contribution in [0.3, 0.4) is 0 Å². The Labute approximate surface area is 122 Å². The van der Waals surface area contributed by atoms with Gasteiger partial charge in [0.1, 0.15) is 11.6 Å². The molecule has 0 bridgehead atoms. The number of carbonyl (C=O) groups excluding carboxylic acids is 1. The second-order valence-corrected chi connectivity index (χ2v) is 5.13. The summed E-state index contributed by atoms with van der Waals surface area (Å²) in [4.78, 5) is 12.0. The summed E-state index contributed by atoms with van der Waals surface area (Å²) in [5.41, 5.74) is 6.60. The smallest absolute Gasteiger partial charge is 0.258 e. The van der Waals surface area contributed by atoms with Gasteiger partial charge in [-0.2, -0.15) is 0 Å². The summed E-state index contributed by atoms with van der Waals surface area (Å²) >= 11 is 3.23. The molecule has 0 saturated carbocycles. The number of nitrogen functional groups attached to an aromatic ring is 1. The molecule has 0 aromatic heterocycles. The van der Waals surface area contributed by atoms with Crippen molar-refractivity contribution in [2.75, 3.05) is 11.1 Å². The van der Waals surface area contributed by atoms with Crippen LogP contribution in [0.4, 0.5) is 20.2 Å². The maximum Gasteiger partial charge on any atom is 0.258 e. The third kappa shape index (κ3) is 2.96. The number of rotatable bonds is 2. The molecule has 0 heterocycles. The van der Waals surface area contributed by atoms with Gasteiger partial charge in [-0.3, -0.25) is 4.79 Å². The van der Waals surface area contributed by atoms with Crippen molar-refractivity contribution in [2.45, 2.75) is 6.92 Å². The maximum atomic E-state index is 13.6. The van der Waals surface area contributed by atoms with Crippen LogP contribution in [0.15, 0.2) is 34.8 Å². The van der Waals surface area contributed by atoms with E-state index in [1.807, 2.05) is 0 Å². The number of amides is 1. The predicted octanol–water partition coefficient (Wildman–Crippen LogP) is 3.87. The first-order chi connectivity index (χ1) is 9.38. The molecular weight excluding hydrogens is 330 g/mol. The predicted molar refractivity (Wildman–Crippen MR) is 77.6 cm³/mol. The third-order valence-corrected chi connectivity index (χ3v) is 3.44. The molecule has 0 unspecified atom stereocenters. The first-order valence-corrected chi connectivity index (χ1v) is 6.50. The van der Waals surface area contributed by atoms with Crippen LogP contribution in [0, 0.1) is 18.6 Å². The first kappa shape index (κ1) is 14.5. The molecule has 0 aliphatic carbocycles. The van der Waals surface area contributed by atoms with Gasteiger partial charge in [-0.15, -0.1) is 0 Å². The zero-order valence-corrected chi connectivity index (χ0v) is 12.1. The molecular formula is C14H11BrF2N2O. The molecule has 0 aliphatic rings. The summed E-state index contributed by atoms with van der Waals surface area (Å²) in [5.74, 6) is -2.24. The van der Waals surface area contributed by atoms with Gasteiger partial charge >= 0.3 is 0 Å². The SMILES string of the molecule is Cc1cc(C(=O)Nc2ccc(N)c(Br)c2)c(F)cc1F. The van der Waals surface area contributed by atoms with Crippen LogP contribution in [0.1, 0.15) is 15.9 Å². The lowest BCUT2D eigenvalue weighted by atomic mass is 10.1. The Bertz CT molecular complexity index is 689. The molecule has 104 valence electrons. The van der Waals surface area contributed by atoms with Crippen LogP contribution in [-0.4, -0.2) is 5.91 Å². The highest BCUT2D eigenvalue weighted by Gasteiger charge is 2.15. The average molecular weight is 341 g/mol. The summed E-state index contributed by atoms with van der Waals surface area (Å²) in [6.07, 6.45) is 0. The van der Waals surface area contributed by atoms with Gasteiger partial charge < -0.3 is 11.1 Å². The molecule has 0 atom stereocenters. The van der Waals surface area contributed by atoms with E-state index in [0.717, 1.165) is 0 Å². The van der Waals surface area contributed by atoms with Crippen molar-refractivity contribution in [3.05, 3.63) is 57.6 Å². The van der Waals surface area contributed by atoms with Crippen LogP contribution in [-0.2, 0) is 0 Å². The number of anilines is 2. The van der Waals surface area contributed by atoms with Crippen molar-refractivity contribution < 1.29 is 13.6 Å². The average Bonchev–Trinajstić information content (AvgIpc) is 2.38. The summed E-state index contributed by atoms with van der Waals surface area (Å²) in [6.45, 7) is 1.46. The first-order valence-electron chi connectivity index (χ1n) is 5.70. The molecule has 0 saturated heterocycles. The highest BCUT2D eigenvalue weighted by atomic mass is 79.9. The van der Waals surface area contributed by atoms with E-state index < -0.39 is 17.5 Å². The van der Waals surface area contributed by atoms with Crippen LogP contribution < -0.4 is 11.1 Å². The second kappa shape index (κ2) is 5.58. The van der Waals surface area contributed by atoms with E-state index in [-0.39, 0.29) is 11.1 Å².